The van der Waals surface area contributed by atoms with Crippen LogP contribution >= 0.6 is 0 Å². The highest BCUT2D eigenvalue weighted by atomic mass is 16.5. The van der Waals surface area contributed by atoms with Crippen LogP contribution in [0.5, 0.6) is 0 Å². The Morgan fingerprint density at radius 3 is 2.39 bits per heavy atom. The van der Waals surface area contributed by atoms with Crippen molar-refractivity contribution in [3.8, 4) is 11.1 Å². The van der Waals surface area contributed by atoms with Crippen LogP contribution in [0.25, 0.3) is 11.1 Å². The average Bonchev–Trinajstić information content (AvgIpc) is 2.66. The van der Waals surface area contributed by atoms with Crippen molar-refractivity contribution in [2.75, 3.05) is 12.8 Å². The molecule has 0 saturated carbocycles. The van der Waals surface area contributed by atoms with Gasteiger partial charge in [-0.3, -0.25) is 14.4 Å². The molecule has 0 aromatic heterocycles. The summed E-state index contributed by atoms with van der Waals surface area (Å²) >= 11 is 0. The van der Waals surface area contributed by atoms with E-state index >= 15 is 0 Å². The number of aliphatic carboxylic acids is 1. The van der Waals surface area contributed by atoms with Crippen LogP contribution in [0.1, 0.15) is 24.8 Å². The van der Waals surface area contributed by atoms with Gasteiger partial charge in [-0.15, -0.1) is 0 Å². The molecule has 0 aliphatic carbocycles. The van der Waals surface area contributed by atoms with E-state index in [9.17, 15) is 14.4 Å². The zero-order valence-corrected chi connectivity index (χ0v) is 15.7. The molecule has 1 unspecified atom stereocenters. The number of carboxylic acids is 1. The van der Waals surface area contributed by atoms with Crippen molar-refractivity contribution in [2.24, 2.45) is 0 Å². The summed E-state index contributed by atoms with van der Waals surface area (Å²) in [5, 5.41) is 11.8. The molecule has 28 heavy (non-hydrogen) atoms. The van der Waals surface area contributed by atoms with Crippen LogP contribution in [0.3, 0.4) is 0 Å². The van der Waals surface area contributed by atoms with E-state index in [4.69, 9.17) is 10.8 Å². The van der Waals surface area contributed by atoms with Crippen molar-refractivity contribution in [2.45, 2.75) is 31.7 Å². The fourth-order valence-corrected chi connectivity index (χ4v) is 2.84. The van der Waals surface area contributed by atoms with Gasteiger partial charge in [0.05, 0.1) is 20.0 Å². The first-order chi connectivity index (χ1) is 13.4. The van der Waals surface area contributed by atoms with Crippen molar-refractivity contribution >= 4 is 23.5 Å². The molecule has 7 heteroatoms. The van der Waals surface area contributed by atoms with Gasteiger partial charge in [0.1, 0.15) is 0 Å². The van der Waals surface area contributed by atoms with E-state index in [-0.39, 0.29) is 25.2 Å². The number of carboxylic acid groups (broad SMARTS) is 1. The number of amides is 1. The molecule has 0 bridgehead atoms. The number of hydrogen-bond donors (Lipinski definition) is 3. The molecule has 0 aliphatic rings. The number of nitrogen functional groups attached to an aromatic ring is 1. The summed E-state index contributed by atoms with van der Waals surface area (Å²) in [5.74, 6) is -1.87. The SMILES string of the molecule is COC(=O)CCC(=O)NC(CC(=O)O)Cc1ccc(-c2cccc(N)c2)cc1. The monoisotopic (exact) mass is 384 g/mol. The minimum Gasteiger partial charge on any atom is -0.481 e. The Morgan fingerprint density at radius 1 is 1.07 bits per heavy atom. The fraction of sp³-hybridized carbons (Fsp3) is 0.286. The van der Waals surface area contributed by atoms with Crippen LogP contribution in [-0.2, 0) is 25.5 Å². The predicted molar refractivity (Wildman–Crippen MR) is 105 cm³/mol. The molecular formula is C21H24N2O5. The highest BCUT2D eigenvalue weighted by molar-refractivity contribution is 5.82. The van der Waals surface area contributed by atoms with E-state index in [0.717, 1.165) is 16.7 Å². The average molecular weight is 384 g/mol. The highest BCUT2D eigenvalue weighted by Crippen LogP contribution is 2.22. The maximum absolute atomic E-state index is 12.0. The molecule has 0 fully saturated rings. The Kier molecular flexibility index (Phi) is 7.56. The Balaban J connectivity index is 2.02. The summed E-state index contributed by atoms with van der Waals surface area (Å²) in [6.45, 7) is 0. The minimum atomic E-state index is -1.00. The van der Waals surface area contributed by atoms with Gasteiger partial charge in [-0.1, -0.05) is 36.4 Å². The van der Waals surface area contributed by atoms with Gasteiger partial charge in [-0.05, 0) is 35.2 Å². The summed E-state index contributed by atoms with van der Waals surface area (Å²) < 4.78 is 4.50. The van der Waals surface area contributed by atoms with Crippen molar-refractivity contribution in [3.63, 3.8) is 0 Å². The summed E-state index contributed by atoms with van der Waals surface area (Å²) in [5.41, 5.74) is 9.37. The molecular weight excluding hydrogens is 360 g/mol. The molecule has 1 amide bonds. The zero-order valence-electron chi connectivity index (χ0n) is 15.7. The number of anilines is 1. The van der Waals surface area contributed by atoms with E-state index in [0.29, 0.717) is 12.1 Å². The first-order valence-corrected chi connectivity index (χ1v) is 8.90. The van der Waals surface area contributed by atoms with Gasteiger partial charge in [0, 0.05) is 18.2 Å². The van der Waals surface area contributed by atoms with Crippen LogP contribution in [-0.4, -0.2) is 36.1 Å². The second-order valence-electron chi connectivity index (χ2n) is 6.46. The molecule has 148 valence electrons. The molecule has 1 atom stereocenters. The number of ether oxygens (including phenoxy) is 1. The van der Waals surface area contributed by atoms with Gasteiger partial charge in [0.25, 0.3) is 0 Å². The van der Waals surface area contributed by atoms with Crippen molar-refractivity contribution in [3.05, 3.63) is 54.1 Å². The standard InChI is InChI=1S/C21H24N2O5/c1-28-21(27)10-9-19(24)23-18(13-20(25)26)11-14-5-7-15(8-6-14)16-3-2-4-17(22)12-16/h2-8,12,18H,9-11,13,22H2,1H3,(H,23,24)(H,25,26). The van der Waals surface area contributed by atoms with Gasteiger partial charge >= 0.3 is 11.9 Å². The van der Waals surface area contributed by atoms with E-state index in [1.807, 2.05) is 48.5 Å². The summed E-state index contributed by atoms with van der Waals surface area (Å²) in [7, 11) is 1.25. The number of benzene rings is 2. The molecule has 0 saturated heterocycles. The molecule has 2 aromatic rings. The lowest BCUT2D eigenvalue weighted by Crippen LogP contribution is -2.38. The number of carbonyl (C=O) groups excluding carboxylic acids is 2. The number of carbonyl (C=O) groups is 3. The predicted octanol–water partition coefficient (Wildman–Crippen LogP) is 2.39. The normalized spacial score (nSPS) is 11.5. The number of nitrogens with two attached hydrogens (primary N) is 1. The third-order valence-corrected chi connectivity index (χ3v) is 4.23. The van der Waals surface area contributed by atoms with Crippen molar-refractivity contribution in [1.29, 1.82) is 0 Å². The minimum absolute atomic E-state index is 0.0445. The quantitative estimate of drug-likeness (QED) is 0.451. The molecule has 0 radical (unpaired) electrons. The molecule has 0 spiro atoms. The third kappa shape index (κ3) is 6.75. The van der Waals surface area contributed by atoms with Crippen LogP contribution in [0.2, 0.25) is 0 Å². The number of methoxy groups -OCH3 is 1. The number of esters is 1. The van der Waals surface area contributed by atoms with Crippen LogP contribution in [0.4, 0.5) is 5.69 Å². The first kappa shape index (κ1) is 21.0. The van der Waals surface area contributed by atoms with E-state index in [2.05, 4.69) is 10.1 Å². The van der Waals surface area contributed by atoms with Gasteiger partial charge in [-0.25, -0.2) is 0 Å². The molecule has 7 nitrogen and oxygen atoms in total. The second-order valence-corrected chi connectivity index (χ2v) is 6.46. The Hall–Kier alpha value is -3.35. The van der Waals surface area contributed by atoms with Crippen LogP contribution in [0.15, 0.2) is 48.5 Å². The molecule has 2 aromatic carbocycles. The summed E-state index contributed by atoms with van der Waals surface area (Å²) in [4.78, 5) is 34.3. The smallest absolute Gasteiger partial charge is 0.306 e. The van der Waals surface area contributed by atoms with Gasteiger partial charge < -0.3 is 20.9 Å². The number of rotatable bonds is 9. The van der Waals surface area contributed by atoms with Crippen LogP contribution in [0, 0.1) is 0 Å². The zero-order chi connectivity index (χ0) is 20.5. The molecule has 4 N–H and O–H groups in total. The van der Waals surface area contributed by atoms with Gasteiger partial charge in [0.15, 0.2) is 0 Å². The van der Waals surface area contributed by atoms with Crippen molar-refractivity contribution < 1.29 is 24.2 Å². The van der Waals surface area contributed by atoms with Crippen LogP contribution < -0.4 is 11.1 Å². The summed E-state index contributed by atoms with van der Waals surface area (Å²) in [6.07, 6.45) is 0.0720. The van der Waals surface area contributed by atoms with Gasteiger partial charge in [-0.2, -0.15) is 0 Å². The lowest BCUT2D eigenvalue weighted by atomic mass is 9.99. The molecule has 0 heterocycles. The topological polar surface area (TPSA) is 119 Å². The largest absolute Gasteiger partial charge is 0.481 e. The number of nitrogens with one attached hydrogen (secondary N) is 1. The first-order valence-electron chi connectivity index (χ1n) is 8.90. The lowest BCUT2D eigenvalue weighted by Gasteiger charge is -2.17. The maximum atomic E-state index is 12.0. The highest BCUT2D eigenvalue weighted by Gasteiger charge is 2.17. The summed E-state index contributed by atoms with van der Waals surface area (Å²) in [6, 6.07) is 14.6. The van der Waals surface area contributed by atoms with Gasteiger partial charge in [0.2, 0.25) is 5.91 Å². The Labute approximate surface area is 163 Å². The Morgan fingerprint density at radius 2 is 1.79 bits per heavy atom. The third-order valence-electron chi connectivity index (χ3n) is 4.23. The molecule has 0 aliphatic heterocycles. The van der Waals surface area contributed by atoms with E-state index in [1.165, 1.54) is 7.11 Å². The fourth-order valence-electron chi connectivity index (χ4n) is 2.84. The van der Waals surface area contributed by atoms with E-state index < -0.39 is 18.0 Å². The van der Waals surface area contributed by atoms with Crippen molar-refractivity contribution in [1.82, 2.24) is 5.32 Å². The lowest BCUT2D eigenvalue weighted by molar-refractivity contribution is -0.142. The Bertz CT molecular complexity index is 833. The second kappa shape index (κ2) is 10.1. The number of hydrogen-bond acceptors (Lipinski definition) is 5. The molecule has 2 rings (SSSR count). The maximum Gasteiger partial charge on any atom is 0.306 e. The van der Waals surface area contributed by atoms with E-state index in [1.54, 1.807) is 0 Å².